The Hall–Kier alpha value is -11.1. The molecular weight excluding hydrogens is 1740 g/mol. The topological polar surface area (TPSA) is 58.0 Å². The van der Waals surface area contributed by atoms with Gasteiger partial charge in [-0.2, -0.15) is 0 Å². The van der Waals surface area contributed by atoms with E-state index in [1.165, 1.54) is 55.6 Å². The first kappa shape index (κ1) is 85.3. The number of pyridine rings is 4. The van der Waals surface area contributed by atoms with E-state index >= 15 is 0 Å². The third-order valence-electron chi connectivity index (χ3n) is 19.8. The van der Waals surface area contributed by atoms with Gasteiger partial charge in [-0.25, -0.2) is 0 Å². The summed E-state index contributed by atoms with van der Waals surface area (Å²) >= 11 is 0. The fraction of sp³-hybridized carbons (Fsp3) is 0.189. The molecule has 0 bridgehead atoms. The van der Waals surface area contributed by atoms with Gasteiger partial charge in [0.1, 0.15) is 0 Å². The van der Waals surface area contributed by atoms with Gasteiger partial charge in [0.2, 0.25) is 0 Å². The molecule has 2 radical (unpaired) electrons. The molecule has 0 fully saturated rings. The maximum atomic E-state index is 4.49. The summed E-state index contributed by atoms with van der Waals surface area (Å²) < 4.78 is 0. The van der Waals surface area contributed by atoms with Crippen molar-refractivity contribution < 1.29 is 40.2 Å². The molecular formula is C106H102Ir2N6-4. The molecule has 0 N–H and O–H groups in total. The molecule has 15 aromatic rings. The molecule has 578 valence electrons. The van der Waals surface area contributed by atoms with Crippen molar-refractivity contribution >= 4 is 34.1 Å². The second kappa shape index (κ2) is 38.2. The first-order chi connectivity index (χ1) is 53.7. The van der Waals surface area contributed by atoms with E-state index < -0.39 is 0 Å². The Balaban J connectivity index is 0.000000171. The Bertz CT molecular complexity index is 5090. The minimum absolute atomic E-state index is 0. The van der Waals surface area contributed by atoms with Gasteiger partial charge in [0.15, 0.2) is 0 Å². The van der Waals surface area contributed by atoms with Crippen LogP contribution in [0, 0.1) is 52.0 Å². The summed E-state index contributed by atoms with van der Waals surface area (Å²) in [7, 11) is 0. The van der Waals surface area contributed by atoms with Crippen molar-refractivity contribution in [2.75, 3.05) is 9.80 Å². The Morgan fingerprint density at radius 2 is 0.535 bits per heavy atom. The second-order valence-electron chi connectivity index (χ2n) is 32.9. The Morgan fingerprint density at radius 3 is 0.807 bits per heavy atom. The average Bonchev–Trinajstić information content (AvgIpc) is 0.791. The van der Waals surface area contributed by atoms with Crippen LogP contribution in [-0.4, -0.2) is 19.9 Å². The van der Waals surface area contributed by atoms with Crippen LogP contribution in [0.3, 0.4) is 0 Å². The van der Waals surface area contributed by atoms with Crippen LogP contribution in [-0.2, 0) is 61.9 Å². The zero-order valence-corrected chi connectivity index (χ0v) is 73.3. The third kappa shape index (κ3) is 22.6. The minimum atomic E-state index is 0. The summed E-state index contributed by atoms with van der Waals surface area (Å²) in [6.07, 6.45) is 7.33. The molecule has 0 aliphatic rings. The first-order valence-corrected chi connectivity index (χ1v) is 38.7. The maximum Gasteiger partial charge on any atom is 0.0462 e. The molecule has 0 spiro atoms. The van der Waals surface area contributed by atoms with Crippen LogP contribution in [0.15, 0.2) is 328 Å². The van der Waals surface area contributed by atoms with E-state index in [-0.39, 0.29) is 61.9 Å². The van der Waals surface area contributed by atoms with Crippen molar-refractivity contribution in [1.82, 2.24) is 19.9 Å². The maximum absolute atomic E-state index is 4.49. The molecule has 0 saturated heterocycles. The van der Waals surface area contributed by atoms with E-state index in [1.54, 1.807) is 0 Å². The van der Waals surface area contributed by atoms with E-state index in [9.17, 15) is 0 Å². The molecule has 8 heteroatoms. The van der Waals surface area contributed by atoms with Gasteiger partial charge in [-0.1, -0.05) is 241 Å². The number of hydrogen-bond donors (Lipinski definition) is 0. The molecule has 0 aliphatic heterocycles. The number of hydrogen-bond acceptors (Lipinski definition) is 6. The van der Waals surface area contributed by atoms with Crippen LogP contribution in [0.25, 0.3) is 78.4 Å². The molecule has 0 aliphatic carbocycles. The van der Waals surface area contributed by atoms with Gasteiger partial charge in [-0.3, -0.25) is 0 Å². The summed E-state index contributed by atoms with van der Waals surface area (Å²) in [6, 6.07) is 120. The van der Waals surface area contributed by atoms with Gasteiger partial charge >= 0.3 is 0 Å². The average molecular weight is 1840 g/mol. The molecule has 0 amide bonds. The van der Waals surface area contributed by atoms with E-state index in [2.05, 4.69) is 370 Å². The smallest absolute Gasteiger partial charge is 0.0462 e. The summed E-state index contributed by atoms with van der Waals surface area (Å²) in [5.41, 5.74) is 32.5. The molecule has 15 rings (SSSR count). The monoisotopic (exact) mass is 1840 g/mol. The predicted molar refractivity (Wildman–Crippen MR) is 473 cm³/mol. The van der Waals surface area contributed by atoms with E-state index in [1.807, 2.05) is 123 Å². The molecule has 4 aromatic heterocycles. The Morgan fingerprint density at radius 1 is 0.237 bits per heavy atom. The van der Waals surface area contributed by atoms with Crippen molar-refractivity contribution in [3.63, 3.8) is 0 Å². The van der Waals surface area contributed by atoms with E-state index in [4.69, 9.17) is 0 Å². The SMILES string of the molecule is CC(C)(C)c1ccc(N(c2ccc(-c3cc[c-]c(-c4ccccn4)c3)cc2)c2ccc(C(C)(C)C)cc2)cc1.CC(C)(C)c1ccc(N(c2ccc(-c3cc[c-]c(-c4ccccn4)c3)cc2)c2ccc(C(C)(C)C)cc2)cc1.Cc1c[c-]c(-c2ccc(C)cn2)cc1.Cc1cc(C)cc(-c2cc[c-]c(-c3ccccn3)c2)c1.[Ir].[Ir]. The summed E-state index contributed by atoms with van der Waals surface area (Å²) in [6.45, 7) is 35.4. The van der Waals surface area contributed by atoms with Crippen LogP contribution >= 0.6 is 0 Å². The van der Waals surface area contributed by atoms with Crippen molar-refractivity contribution in [3.05, 3.63) is 397 Å². The van der Waals surface area contributed by atoms with Gasteiger partial charge in [-0.15, -0.1) is 142 Å². The minimum Gasteiger partial charge on any atom is -0.311 e. The largest absolute Gasteiger partial charge is 0.311 e. The van der Waals surface area contributed by atoms with Gasteiger partial charge in [-0.05, 0) is 201 Å². The van der Waals surface area contributed by atoms with Crippen LogP contribution in [0.2, 0.25) is 0 Å². The van der Waals surface area contributed by atoms with Crippen LogP contribution < -0.4 is 9.80 Å². The van der Waals surface area contributed by atoms with Gasteiger partial charge in [0, 0.05) is 99.1 Å². The third-order valence-corrected chi connectivity index (χ3v) is 19.8. The number of rotatable bonds is 13. The molecule has 0 unspecified atom stereocenters. The number of nitrogens with zero attached hydrogens (tertiary/aromatic N) is 6. The summed E-state index contributed by atoms with van der Waals surface area (Å²) in [5, 5.41) is 0. The number of aromatic nitrogens is 4. The van der Waals surface area contributed by atoms with E-state index in [0.717, 1.165) is 101 Å². The fourth-order valence-electron chi connectivity index (χ4n) is 13.3. The zero-order valence-electron chi connectivity index (χ0n) is 68.5. The Labute approximate surface area is 706 Å². The van der Waals surface area contributed by atoms with Gasteiger partial charge in [0.25, 0.3) is 0 Å². The van der Waals surface area contributed by atoms with Gasteiger partial charge in [0.05, 0.1) is 0 Å². The van der Waals surface area contributed by atoms with Crippen molar-refractivity contribution in [2.45, 2.75) is 132 Å². The molecule has 4 heterocycles. The number of anilines is 6. The summed E-state index contributed by atoms with van der Waals surface area (Å²) in [4.78, 5) is 22.4. The fourth-order valence-corrected chi connectivity index (χ4v) is 13.3. The van der Waals surface area contributed by atoms with Gasteiger partial charge < -0.3 is 29.7 Å². The van der Waals surface area contributed by atoms with Crippen molar-refractivity contribution in [3.8, 4) is 78.4 Å². The molecule has 6 nitrogen and oxygen atoms in total. The number of aryl methyl sites for hydroxylation is 4. The second-order valence-corrected chi connectivity index (χ2v) is 32.9. The summed E-state index contributed by atoms with van der Waals surface area (Å²) in [5.74, 6) is 0. The van der Waals surface area contributed by atoms with Crippen molar-refractivity contribution in [1.29, 1.82) is 0 Å². The molecule has 0 saturated carbocycles. The zero-order chi connectivity index (χ0) is 79.2. The molecule has 114 heavy (non-hydrogen) atoms. The van der Waals surface area contributed by atoms with Crippen LogP contribution in [0.1, 0.15) is 128 Å². The van der Waals surface area contributed by atoms with E-state index in [0.29, 0.717) is 0 Å². The molecule has 11 aromatic carbocycles. The predicted octanol–water partition coefficient (Wildman–Crippen LogP) is 28.6. The first-order valence-electron chi connectivity index (χ1n) is 38.7. The quantitative estimate of drug-likeness (QED) is 0.107. The Kier molecular flexibility index (Phi) is 28.6. The van der Waals surface area contributed by atoms with Crippen LogP contribution in [0.4, 0.5) is 34.1 Å². The normalized spacial score (nSPS) is 11.2. The van der Waals surface area contributed by atoms with Crippen molar-refractivity contribution in [2.24, 2.45) is 0 Å². The number of benzene rings is 11. The van der Waals surface area contributed by atoms with Crippen LogP contribution in [0.5, 0.6) is 0 Å². The molecule has 0 atom stereocenters. The standard InChI is InChI=1S/2C37H37N2.C19H16N.C13H12N.2Ir/c2*1-36(2,3)30-15-21-33(22-16-30)39(34-23-17-31(18-24-34)37(4,5)6)32-19-13-27(14-20-32)28-10-9-11-29(26-28)35-12-7-8-25-38-35;1-14-10-15(2)12-18(11-14)16-6-5-7-17(13-16)19-8-3-4-9-20-19;1-10-3-6-12(7-4-10)13-8-5-11(2)9-14-13;;/h2*7-10,12-26H,1-6H3;3-6,8-13H,1-2H3;3-6,8-9H,1-2H3;;/q4*-1;;.